The van der Waals surface area contributed by atoms with Crippen molar-refractivity contribution in [3.8, 4) is 11.1 Å². The summed E-state index contributed by atoms with van der Waals surface area (Å²) in [5.41, 5.74) is 4.28. The molecule has 0 radical (unpaired) electrons. The van der Waals surface area contributed by atoms with Gasteiger partial charge in [-0.05, 0) is 36.8 Å². The average Bonchev–Trinajstić information content (AvgIpc) is 3.43. The van der Waals surface area contributed by atoms with E-state index in [1.165, 1.54) is 6.07 Å². The van der Waals surface area contributed by atoms with Crippen LogP contribution < -0.4 is 10.6 Å². The molecule has 2 aliphatic rings. The first-order chi connectivity index (χ1) is 18.3. The van der Waals surface area contributed by atoms with Crippen molar-refractivity contribution in [3.63, 3.8) is 0 Å². The van der Waals surface area contributed by atoms with Crippen molar-refractivity contribution in [2.75, 3.05) is 44.6 Å². The van der Waals surface area contributed by atoms with Crippen molar-refractivity contribution >= 4 is 35.1 Å². The summed E-state index contributed by atoms with van der Waals surface area (Å²) in [6, 6.07) is 13.6. The first-order valence-corrected chi connectivity index (χ1v) is 12.7. The van der Waals surface area contributed by atoms with E-state index in [4.69, 9.17) is 0 Å². The maximum Gasteiger partial charge on any atom is 0.256 e. The Morgan fingerprint density at radius 2 is 1.79 bits per heavy atom. The fourth-order valence-electron chi connectivity index (χ4n) is 5.06. The molecule has 1 saturated heterocycles. The molecule has 3 heterocycles. The van der Waals surface area contributed by atoms with Gasteiger partial charge in [0, 0.05) is 68.7 Å². The number of rotatable bonds is 6. The summed E-state index contributed by atoms with van der Waals surface area (Å²) in [5, 5.41) is 5.83. The Hall–Kier alpha value is -4.24. The Labute approximate surface area is 220 Å². The van der Waals surface area contributed by atoms with E-state index in [-0.39, 0.29) is 23.5 Å². The van der Waals surface area contributed by atoms with Gasteiger partial charge in [0.25, 0.3) is 11.8 Å². The molecular formula is C29H30FN5O3. The third-order valence-corrected chi connectivity index (χ3v) is 7.04. The topological polar surface area (TPSA) is 97.5 Å². The zero-order valence-corrected chi connectivity index (χ0v) is 21.4. The number of carbonyl (C=O) groups excluding carboxylic acids is 3. The van der Waals surface area contributed by atoms with Crippen molar-refractivity contribution in [1.82, 2.24) is 20.1 Å². The van der Waals surface area contributed by atoms with E-state index in [9.17, 15) is 18.8 Å². The number of fused-ring (bicyclic) bond motifs is 1. The van der Waals surface area contributed by atoms with Crippen LogP contribution in [0.4, 0.5) is 10.1 Å². The number of aromatic nitrogens is 1. The fourth-order valence-corrected chi connectivity index (χ4v) is 5.06. The molecule has 0 atom stereocenters. The van der Waals surface area contributed by atoms with Gasteiger partial charge in [-0.1, -0.05) is 30.3 Å². The molecule has 3 aromatic rings. The van der Waals surface area contributed by atoms with Gasteiger partial charge in [0.1, 0.15) is 5.82 Å². The Morgan fingerprint density at radius 1 is 1.05 bits per heavy atom. The lowest BCUT2D eigenvalue weighted by Crippen LogP contribution is -2.49. The molecule has 3 amide bonds. The number of carbonyl (C=O) groups is 3. The highest BCUT2D eigenvalue weighted by Crippen LogP contribution is 2.41. The lowest BCUT2D eigenvalue weighted by atomic mass is 9.94. The summed E-state index contributed by atoms with van der Waals surface area (Å²) in [6.07, 6.45) is 1.66. The Morgan fingerprint density at radius 3 is 2.53 bits per heavy atom. The van der Waals surface area contributed by atoms with E-state index in [2.05, 4.69) is 20.5 Å². The monoisotopic (exact) mass is 515 g/mol. The molecule has 8 nitrogen and oxygen atoms in total. The van der Waals surface area contributed by atoms with Crippen LogP contribution >= 0.6 is 0 Å². The van der Waals surface area contributed by atoms with Crippen LogP contribution in [0, 0.1) is 12.7 Å². The first kappa shape index (κ1) is 25.4. The Bertz CT molecular complexity index is 1440. The van der Waals surface area contributed by atoms with Crippen molar-refractivity contribution in [2.45, 2.75) is 13.8 Å². The van der Waals surface area contributed by atoms with Gasteiger partial charge in [-0.3, -0.25) is 19.3 Å². The summed E-state index contributed by atoms with van der Waals surface area (Å²) in [6.45, 7) is 7.49. The van der Waals surface area contributed by atoms with Gasteiger partial charge in [-0.2, -0.15) is 0 Å². The number of anilines is 1. The van der Waals surface area contributed by atoms with Crippen molar-refractivity contribution in [1.29, 1.82) is 0 Å². The predicted molar refractivity (Wildman–Crippen MR) is 145 cm³/mol. The van der Waals surface area contributed by atoms with Crippen molar-refractivity contribution < 1.29 is 18.8 Å². The van der Waals surface area contributed by atoms with Gasteiger partial charge in [0.05, 0.1) is 16.8 Å². The minimum atomic E-state index is -0.377. The minimum Gasteiger partial charge on any atom is -0.358 e. The van der Waals surface area contributed by atoms with Gasteiger partial charge >= 0.3 is 0 Å². The van der Waals surface area contributed by atoms with Crippen LogP contribution in [-0.2, 0) is 9.59 Å². The highest BCUT2D eigenvalue weighted by Gasteiger charge is 2.29. The number of hydrogen-bond acceptors (Lipinski definition) is 4. The second-order valence-corrected chi connectivity index (χ2v) is 9.60. The van der Waals surface area contributed by atoms with Gasteiger partial charge in [-0.15, -0.1) is 0 Å². The molecule has 38 heavy (non-hydrogen) atoms. The molecule has 1 aromatic heterocycles. The summed E-state index contributed by atoms with van der Waals surface area (Å²) < 4.78 is 14.7. The lowest BCUT2D eigenvalue weighted by Gasteiger charge is -2.34. The van der Waals surface area contributed by atoms with Crippen LogP contribution in [0.15, 0.2) is 48.5 Å². The molecule has 5 rings (SSSR count). The minimum absolute atomic E-state index is 0.0852. The van der Waals surface area contributed by atoms with Crippen LogP contribution in [0.3, 0.4) is 0 Å². The summed E-state index contributed by atoms with van der Waals surface area (Å²) in [5.74, 6) is -0.850. The van der Waals surface area contributed by atoms with Gasteiger partial charge in [-0.25, -0.2) is 4.39 Å². The lowest BCUT2D eigenvalue weighted by molar-refractivity contribution is -0.130. The molecule has 0 saturated carbocycles. The Kier molecular flexibility index (Phi) is 7.11. The van der Waals surface area contributed by atoms with E-state index in [1.54, 1.807) is 55.5 Å². The van der Waals surface area contributed by atoms with E-state index < -0.39 is 0 Å². The number of halogens is 1. The number of aromatic amines is 1. The van der Waals surface area contributed by atoms with Crippen LogP contribution in [0.25, 0.3) is 22.8 Å². The standard InChI is InChI=1S/C29H30FN5O3/c1-18-16-22(28(37)31-10-11-34-12-14-35(15-13-34)19(2)36)26(32-18)17-23-27-21(20-6-3-4-8-24(20)30)7-5-9-25(27)33-29(23)38/h3-9,16-17,32H,10-15H2,1-2H3,(H,31,37)(H,33,38)/b23-17-. The second-order valence-electron chi connectivity index (χ2n) is 9.60. The third kappa shape index (κ3) is 5.10. The molecule has 2 aromatic carbocycles. The number of nitrogens with zero attached hydrogens (tertiary/aromatic N) is 2. The van der Waals surface area contributed by atoms with Gasteiger partial charge < -0.3 is 20.5 Å². The highest BCUT2D eigenvalue weighted by molar-refractivity contribution is 6.36. The smallest absolute Gasteiger partial charge is 0.256 e. The van der Waals surface area contributed by atoms with Crippen molar-refractivity contribution in [3.05, 3.63) is 76.9 Å². The number of hydrogen-bond donors (Lipinski definition) is 3. The van der Waals surface area contributed by atoms with E-state index >= 15 is 0 Å². The predicted octanol–water partition coefficient (Wildman–Crippen LogP) is 3.52. The van der Waals surface area contributed by atoms with E-state index in [0.29, 0.717) is 65.4 Å². The fraction of sp³-hybridized carbons (Fsp3) is 0.276. The molecule has 0 spiro atoms. The maximum atomic E-state index is 14.7. The number of nitrogens with one attached hydrogen (secondary N) is 3. The number of aryl methyl sites for hydroxylation is 1. The van der Waals surface area contributed by atoms with E-state index in [1.807, 2.05) is 11.8 Å². The first-order valence-electron chi connectivity index (χ1n) is 12.7. The van der Waals surface area contributed by atoms with Crippen LogP contribution in [0.1, 0.15) is 34.2 Å². The molecule has 0 bridgehead atoms. The maximum absolute atomic E-state index is 14.7. The number of amides is 3. The molecule has 3 N–H and O–H groups in total. The SMILES string of the molecule is CC(=O)N1CCN(CCNC(=O)c2cc(C)[nH]c2/C=C2\C(=O)Nc3cccc(-c4ccccc4F)c32)CC1. The molecule has 196 valence electrons. The van der Waals surface area contributed by atoms with Gasteiger partial charge in [0.15, 0.2) is 0 Å². The van der Waals surface area contributed by atoms with Crippen LogP contribution in [0.5, 0.6) is 0 Å². The zero-order chi connectivity index (χ0) is 26.8. The quantitative estimate of drug-likeness (QED) is 0.438. The van der Waals surface area contributed by atoms with Gasteiger partial charge in [0.2, 0.25) is 5.91 Å². The van der Waals surface area contributed by atoms with Crippen LogP contribution in [0.2, 0.25) is 0 Å². The summed E-state index contributed by atoms with van der Waals surface area (Å²) >= 11 is 0. The van der Waals surface area contributed by atoms with E-state index in [0.717, 1.165) is 18.8 Å². The second kappa shape index (κ2) is 10.6. The normalized spacial score (nSPS) is 16.4. The molecule has 9 heteroatoms. The largest absolute Gasteiger partial charge is 0.358 e. The average molecular weight is 516 g/mol. The number of H-pyrrole nitrogens is 1. The molecular weight excluding hydrogens is 485 g/mol. The molecule has 1 fully saturated rings. The Balaban J connectivity index is 1.36. The number of piperazine rings is 1. The third-order valence-electron chi connectivity index (χ3n) is 7.04. The van der Waals surface area contributed by atoms with Crippen LogP contribution in [-0.4, -0.2) is 71.8 Å². The molecule has 0 unspecified atom stereocenters. The number of benzene rings is 2. The summed E-state index contributed by atoms with van der Waals surface area (Å²) in [7, 11) is 0. The molecule has 2 aliphatic heterocycles. The molecule has 0 aliphatic carbocycles. The summed E-state index contributed by atoms with van der Waals surface area (Å²) in [4.78, 5) is 44.9. The highest BCUT2D eigenvalue weighted by atomic mass is 19.1. The van der Waals surface area contributed by atoms with Crippen molar-refractivity contribution in [2.24, 2.45) is 0 Å². The zero-order valence-electron chi connectivity index (χ0n) is 21.4.